The number of carbonyl (C=O) groups is 2. The molecule has 1 saturated heterocycles. The van der Waals surface area contributed by atoms with Gasteiger partial charge in [-0.1, -0.05) is 26.1 Å². The number of ether oxygens (including phenoxy) is 2. The summed E-state index contributed by atoms with van der Waals surface area (Å²) in [6.45, 7) is 9.93. The lowest BCUT2D eigenvalue weighted by atomic mass is 10.0. The third-order valence-electron chi connectivity index (χ3n) is 2.88. The molecule has 0 bridgehead atoms. The molecule has 0 spiro atoms. The SMILES string of the molecule is CC(C)COC(=O)[C@@H]1CCC(=S)CN1C(=O)OC(C)(C)C. The molecule has 0 aromatic carbocycles. The van der Waals surface area contributed by atoms with E-state index >= 15 is 0 Å². The highest BCUT2D eigenvalue weighted by Crippen LogP contribution is 2.21. The molecule has 0 aromatic rings. The number of piperidine rings is 1. The molecular weight excluding hydrogens is 290 g/mol. The lowest BCUT2D eigenvalue weighted by Gasteiger charge is -2.35. The maximum absolute atomic E-state index is 12.2. The Morgan fingerprint density at radius 1 is 1.38 bits per heavy atom. The lowest BCUT2D eigenvalue weighted by molar-refractivity contribution is -0.151. The number of thiocarbonyl (C=S) groups is 1. The summed E-state index contributed by atoms with van der Waals surface area (Å²) in [5.74, 6) is -0.120. The number of hydrogen-bond donors (Lipinski definition) is 0. The van der Waals surface area contributed by atoms with Gasteiger partial charge >= 0.3 is 12.1 Å². The molecule has 6 heteroatoms. The second kappa shape index (κ2) is 7.20. The van der Waals surface area contributed by atoms with Crippen molar-refractivity contribution in [1.29, 1.82) is 0 Å². The van der Waals surface area contributed by atoms with Gasteiger partial charge in [-0.15, -0.1) is 0 Å². The summed E-state index contributed by atoms with van der Waals surface area (Å²) in [7, 11) is 0. The molecule has 120 valence electrons. The fourth-order valence-electron chi connectivity index (χ4n) is 1.94. The molecule has 0 saturated carbocycles. The topological polar surface area (TPSA) is 55.8 Å². The Morgan fingerprint density at radius 3 is 2.52 bits per heavy atom. The molecule has 5 nitrogen and oxygen atoms in total. The van der Waals surface area contributed by atoms with Gasteiger partial charge in [-0.05, 0) is 39.5 Å². The zero-order valence-electron chi connectivity index (χ0n) is 13.5. The van der Waals surface area contributed by atoms with Crippen LogP contribution in [0.5, 0.6) is 0 Å². The Labute approximate surface area is 132 Å². The van der Waals surface area contributed by atoms with Crippen LogP contribution in [0.15, 0.2) is 0 Å². The van der Waals surface area contributed by atoms with Crippen LogP contribution in [0.3, 0.4) is 0 Å². The minimum absolute atomic E-state index is 0.258. The van der Waals surface area contributed by atoms with E-state index in [-0.39, 0.29) is 18.4 Å². The third kappa shape index (κ3) is 5.99. The molecule has 1 rings (SSSR count). The van der Waals surface area contributed by atoms with Gasteiger partial charge in [0.2, 0.25) is 0 Å². The quantitative estimate of drug-likeness (QED) is 0.592. The van der Waals surface area contributed by atoms with Crippen molar-refractivity contribution in [3.63, 3.8) is 0 Å². The molecule has 0 aromatic heterocycles. The summed E-state index contributed by atoms with van der Waals surface area (Å²) in [6, 6.07) is -0.606. The van der Waals surface area contributed by atoms with E-state index in [1.165, 1.54) is 4.90 Å². The van der Waals surface area contributed by atoms with E-state index < -0.39 is 17.7 Å². The first-order valence-corrected chi connectivity index (χ1v) is 7.69. The molecule has 1 atom stereocenters. The fraction of sp³-hybridized carbons (Fsp3) is 0.800. The average molecular weight is 315 g/mol. The monoisotopic (exact) mass is 315 g/mol. The van der Waals surface area contributed by atoms with Crippen LogP contribution in [0.25, 0.3) is 0 Å². The second-order valence-corrected chi connectivity index (χ2v) is 7.30. The van der Waals surface area contributed by atoms with Crippen LogP contribution in [-0.2, 0) is 14.3 Å². The first-order valence-electron chi connectivity index (χ1n) is 7.28. The number of likely N-dealkylation sites (tertiary alicyclic amines) is 1. The van der Waals surface area contributed by atoms with E-state index in [4.69, 9.17) is 21.7 Å². The van der Waals surface area contributed by atoms with Crippen LogP contribution in [0.1, 0.15) is 47.5 Å². The molecule has 0 unspecified atom stereocenters. The zero-order valence-corrected chi connectivity index (χ0v) is 14.3. The second-order valence-electron chi connectivity index (χ2n) is 6.73. The molecule has 1 amide bonds. The van der Waals surface area contributed by atoms with Gasteiger partial charge in [0.25, 0.3) is 0 Å². The minimum Gasteiger partial charge on any atom is -0.464 e. The Kier molecular flexibility index (Phi) is 6.13. The van der Waals surface area contributed by atoms with E-state index in [1.807, 2.05) is 13.8 Å². The molecule has 0 aliphatic carbocycles. The van der Waals surface area contributed by atoms with Crippen LogP contribution < -0.4 is 0 Å². The van der Waals surface area contributed by atoms with Crippen molar-refractivity contribution in [2.24, 2.45) is 5.92 Å². The van der Waals surface area contributed by atoms with Gasteiger partial charge in [0.15, 0.2) is 0 Å². The predicted octanol–water partition coefficient (Wildman–Crippen LogP) is 2.96. The molecule has 0 N–H and O–H groups in total. The van der Waals surface area contributed by atoms with Crippen LogP contribution in [0.4, 0.5) is 4.79 Å². The van der Waals surface area contributed by atoms with Gasteiger partial charge in [-0.25, -0.2) is 9.59 Å². The first-order chi connectivity index (χ1) is 9.60. The number of hydrogen-bond acceptors (Lipinski definition) is 5. The Hall–Kier alpha value is -1.17. The highest BCUT2D eigenvalue weighted by Gasteiger charge is 2.37. The van der Waals surface area contributed by atoms with Gasteiger partial charge in [0.1, 0.15) is 11.6 Å². The summed E-state index contributed by atoms with van der Waals surface area (Å²) in [6.07, 6.45) is 0.626. The van der Waals surface area contributed by atoms with E-state index in [9.17, 15) is 9.59 Å². The summed E-state index contributed by atoms with van der Waals surface area (Å²) in [4.78, 5) is 26.6. The van der Waals surface area contributed by atoms with Crippen molar-refractivity contribution in [3.05, 3.63) is 0 Å². The van der Waals surface area contributed by atoms with Crippen molar-refractivity contribution in [1.82, 2.24) is 4.90 Å². The normalized spacial score (nSPS) is 19.6. The number of carbonyl (C=O) groups excluding carboxylic acids is 2. The van der Waals surface area contributed by atoms with Crippen molar-refractivity contribution < 1.29 is 19.1 Å². The highest BCUT2D eigenvalue weighted by molar-refractivity contribution is 7.80. The maximum Gasteiger partial charge on any atom is 0.411 e. The summed E-state index contributed by atoms with van der Waals surface area (Å²) in [5.41, 5.74) is -0.609. The molecular formula is C15H25NO4S. The number of nitrogens with zero attached hydrogens (tertiary/aromatic N) is 1. The van der Waals surface area contributed by atoms with E-state index in [0.717, 1.165) is 4.86 Å². The van der Waals surface area contributed by atoms with Crippen molar-refractivity contribution >= 4 is 29.1 Å². The number of amides is 1. The molecule has 1 heterocycles. The number of esters is 1. The summed E-state index contributed by atoms with van der Waals surface area (Å²) in [5, 5.41) is 0. The predicted molar refractivity (Wildman–Crippen MR) is 84.4 cm³/mol. The van der Waals surface area contributed by atoms with Crippen molar-refractivity contribution in [2.75, 3.05) is 13.2 Å². The fourth-order valence-corrected chi connectivity index (χ4v) is 2.19. The summed E-state index contributed by atoms with van der Waals surface area (Å²) >= 11 is 5.19. The largest absolute Gasteiger partial charge is 0.464 e. The smallest absolute Gasteiger partial charge is 0.411 e. The number of rotatable bonds is 3. The van der Waals surface area contributed by atoms with Crippen LogP contribution >= 0.6 is 12.2 Å². The van der Waals surface area contributed by atoms with E-state index in [1.54, 1.807) is 20.8 Å². The Morgan fingerprint density at radius 2 is 2.00 bits per heavy atom. The van der Waals surface area contributed by atoms with Crippen molar-refractivity contribution in [3.8, 4) is 0 Å². The van der Waals surface area contributed by atoms with Crippen LogP contribution in [0.2, 0.25) is 0 Å². The Bertz CT molecular complexity index is 414. The summed E-state index contributed by atoms with van der Waals surface area (Å²) < 4.78 is 10.6. The molecule has 1 fully saturated rings. The van der Waals surface area contributed by atoms with Crippen LogP contribution in [0, 0.1) is 5.92 Å². The molecule has 1 aliphatic rings. The van der Waals surface area contributed by atoms with Crippen molar-refractivity contribution in [2.45, 2.75) is 59.1 Å². The molecule has 21 heavy (non-hydrogen) atoms. The lowest BCUT2D eigenvalue weighted by Crippen LogP contribution is -2.52. The van der Waals surface area contributed by atoms with Gasteiger partial charge in [0, 0.05) is 4.86 Å². The van der Waals surface area contributed by atoms with Gasteiger partial charge in [-0.3, -0.25) is 4.90 Å². The average Bonchev–Trinajstić information content (AvgIpc) is 2.33. The molecule has 1 aliphatic heterocycles. The highest BCUT2D eigenvalue weighted by atomic mass is 32.1. The standard InChI is InChI=1S/C15H25NO4S/c1-10(2)9-19-13(17)12-7-6-11(21)8-16(12)14(18)20-15(3,4)5/h10,12H,6-9H2,1-5H3/t12-/m0/s1. The van der Waals surface area contributed by atoms with E-state index in [2.05, 4.69) is 0 Å². The van der Waals surface area contributed by atoms with E-state index in [0.29, 0.717) is 19.4 Å². The minimum atomic E-state index is -0.609. The van der Waals surface area contributed by atoms with Gasteiger partial charge in [-0.2, -0.15) is 0 Å². The maximum atomic E-state index is 12.2. The Balaban J connectivity index is 2.76. The van der Waals surface area contributed by atoms with Crippen LogP contribution in [-0.4, -0.2) is 46.6 Å². The van der Waals surface area contributed by atoms with Gasteiger partial charge in [0.05, 0.1) is 13.2 Å². The zero-order chi connectivity index (χ0) is 16.2. The van der Waals surface area contributed by atoms with Gasteiger partial charge < -0.3 is 9.47 Å². The molecule has 0 radical (unpaired) electrons. The third-order valence-corrected chi connectivity index (χ3v) is 3.21. The first kappa shape index (κ1) is 17.9.